The van der Waals surface area contributed by atoms with E-state index >= 15 is 0 Å². The Hall–Kier alpha value is -1.10. The molecule has 0 unspecified atom stereocenters. The number of hydrogen-bond donors (Lipinski definition) is 3. The summed E-state index contributed by atoms with van der Waals surface area (Å²) in [7, 11) is 0. The van der Waals surface area contributed by atoms with Crippen LogP contribution in [0.1, 0.15) is 44.9 Å². The number of rotatable bonds is 5. The second-order valence-electron chi connectivity index (χ2n) is 5.64. The second-order valence-corrected chi connectivity index (χ2v) is 5.64. The van der Waals surface area contributed by atoms with E-state index in [-0.39, 0.29) is 23.8 Å². The lowest BCUT2D eigenvalue weighted by atomic mass is 9.66. The zero-order valence-electron chi connectivity index (χ0n) is 10.7. The van der Waals surface area contributed by atoms with E-state index in [0.29, 0.717) is 6.54 Å². The van der Waals surface area contributed by atoms with Crippen LogP contribution in [0, 0.1) is 5.41 Å². The second kappa shape index (κ2) is 5.69. The Kier molecular flexibility index (Phi) is 4.22. The molecule has 1 aliphatic heterocycles. The molecular weight excluding hydrogens is 232 g/mol. The van der Waals surface area contributed by atoms with Gasteiger partial charge >= 0.3 is 5.97 Å². The lowest BCUT2D eigenvalue weighted by Gasteiger charge is -2.41. The number of carbonyl (C=O) groups is 2. The first-order valence-electron chi connectivity index (χ1n) is 6.84. The molecule has 0 spiro atoms. The Morgan fingerprint density at radius 2 is 2.06 bits per heavy atom. The largest absolute Gasteiger partial charge is 0.481 e. The van der Waals surface area contributed by atoms with E-state index in [0.717, 1.165) is 45.1 Å². The van der Waals surface area contributed by atoms with E-state index in [1.165, 1.54) is 0 Å². The predicted octanol–water partition coefficient (Wildman–Crippen LogP) is 0.890. The van der Waals surface area contributed by atoms with Crippen LogP contribution >= 0.6 is 0 Å². The molecule has 0 bridgehead atoms. The third kappa shape index (κ3) is 3.22. The molecule has 1 heterocycles. The number of aliphatic carboxylic acids is 1. The van der Waals surface area contributed by atoms with Gasteiger partial charge in [-0.2, -0.15) is 0 Å². The van der Waals surface area contributed by atoms with Crippen molar-refractivity contribution in [3.63, 3.8) is 0 Å². The molecule has 0 aromatic rings. The molecule has 102 valence electrons. The van der Waals surface area contributed by atoms with Gasteiger partial charge in [-0.1, -0.05) is 12.8 Å². The maximum atomic E-state index is 11.9. The van der Waals surface area contributed by atoms with Crippen LogP contribution in [0.2, 0.25) is 0 Å². The molecule has 2 rings (SSSR count). The topological polar surface area (TPSA) is 78.4 Å². The van der Waals surface area contributed by atoms with Crippen molar-refractivity contribution in [3.05, 3.63) is 0 Å². The van der Waals surface area contributed by atoms with Gasteiger partial charge in [0.05, 0.1) is 12.5 Å². The molecule has 2 aliphatic rings. The highest BCUT2D eigenvalue weighted by molar-refractivity contribution is 5.82. The highest BCUT2D eigenvalue weighted by atomic mass is 16.4. The van der Waals surface area contributed by atoms with Crippen LogP contribution in [0.3, 0.4) is 0 Å². The third-order valence-corrected chi connectivity index (χ3v) is 4.20. The van der Waals surface area contributed by atoms with Crippen molar-refractivity contribution >= 4 is 11.9 Å². The molecule has 1 saturated carbocycles. The van der Waals surface area contributed by atoms with Crippen molar-refractivity contribution in [3.8, 4) is 0 Å². The summed E-state index contributed by atoms with van der Waals surface area (Å²) in [5, 5.41) is 15.0. The summed E-state index contributed by atoms with van der Waals surface area (Å²) in [5.41, 5.74) is -0.184. The molecule has 1 amide bonds. The molecule has 0 radical (unpaired) electrons. The quantitative estimate of drug-likeness (QED) is 0.681. The zero-order valence-corrected chi connectivity index (χ0v) is 10.7. The summed E-state index contributed by atoms with van der Waals surface area (Å²) in [4.78, 5) is 22.8. The Balaban J connectivity index is 1.78. The fourth-order valence-electron chi connectivity index (χ4n) is 2.89. The minimum absolute atomic E-state index is 0.0337. The molecule has 18 heavy (non-hydrogen) atoms. The number of amides is 1. The van der Waals surface area contributed by atoms with Crippen LogP contribution < -0.4 is 10.6 Å². The fourth-order valence-corrected chi connectivity index (χ4v) is 2.89. The maximum Gasteiger partial charge on any atom is 0.303 e. The molecule has 2 fully saturated rings. The van der Waals surface area contributed by atoms with E-state index in [1.807, 2.05) is 0 Å². The van der Waals surface area contributed by atoms with Gasteiger partial charge in [0, 0.05) is 6.54 Å². The van der Waals surface area contributed by atoms with Gasteiger partial charge < -0.3 is 15.7 Å². The summed E-state index contributed by atoms with van der Waals surface area (Å²) in [6.07, 6.45) is 6.18. The first-order valence-corrected chi connectivity index (χ1v) is 6.84. The van der Waals surface area contributed by atoms with Crippen molar-refractivity contribution in [2.75, 3.05) is 13.1 Å². The molecule has 3 N–H and O–H groups in total. The van der Waals surface area contributed by atoms with Crippen molar-refractivity contribution in [2.24, 2.45) is 5.41 Å². The van der Waals surface area contributed by atoms with Crippen LogP contribution in [-0.2, 0) is 9.59 Å². The van der Waals surface area contributed by atoms with Gasteiger partial charge in [0.25, 0.3) is 0 Å². The monoisotopic (exact) mass is 254 g/mol. The zero-order chi connectivity index (χ0) is 13.0. The van der Waals surface area contributed by atoms with Crippen LogP contribution in [0.25, 0.3) is 0 Å². The van der Waals surface area contributed by atoms with Crippen molar-refractivity contribution in [2.45, 2.75) is 51.0 Å². The smallest absolute Gasteiger partial charge is 0.303 e. The van der Waals surface area contributed by atoms with E-state index in [4.69, 9.17) is 5.11 Å². The Bertz CT molecular complexity index is 320. The van der Waals surface area contributed by atoms with Gasteiger partial charge in [0.2, 0.25) is 5.91 Å². The normalized spacial score (nSPS) is 26.1. The van der Waals surface area contributed by atoms with Gasteiger partial charge in [-0.15, -0.1) is 0 Å². The lowest BCUT2D eigenvalue weighted by Crippen LogP contribution is -2.51. The fraction of sp³-hybridized carbons (Fsp3) is 0.846. The minimum Gasteiger partial charge on any atom is -0.481 e. The Morgan fingerprint density at radius 1 is 1.28 bits per heavy atom. The Morgan fingerprint density at radius 3 is 2.56 bits per heavy atom. The van der Waals surface area contributed by atoms with E-state index in [1.54, 1.807) is 0 Å². The van der Waals surface area contributed by atoms with Crippen molar-refractivity contribution in [1.29, 1.82) is 0 Å². The number of nitrogens with one attached hydrogen (secondary N) is 2. The highest BCUT2D eigenvalue weighted by Gasteiger charge is 2.39. The van der Waals surface area contributed by atoms with Crippen LogP contribution in [-0.4, -0.2) is 36.1 Å². The number of hydrogen-bond acceptors (Lipinski definition) is 3. The summed E-state index contributed by atoms with van der Waals surface area (Å²) >= 11 is 0. The van der Waals surface area contributed by atoms with Crippen LogP contribution in [0.4, 0.5) is 0 Å². The summed E-state index contributed by atoms with van der Waals surface area (Å²) < 4.78 is 0. The van der Waals surface area contributed by atoms with Gasteiger partial charge in [0.15, 0.2) is 0 Å². The number of piperidine rings is 1. The SMILES string of the molecule is O=C(O)CC1(CNC(=O)[C@@H]2CCCCN2)CCC1. The molecule has 1 saturated heterocycles. The molecular formula is C13H22N2O3. The maximum absolute atomic E-state index is 11.9. The van der Waals surface area contributed by atoms with Crippen molar-refractivity contribution < 1.29 is 14.7 Å². The third-order valence-electron chi connectivity index (χ3n) is 4.20. The van der Waals surface area contributed by atoms with E-state index in [2.05, 4.69) is 10.6 Å². The highest BCUT2D eigenvalue weighted by Crippen LogP contribution is 2.43. The number of carboxylic acid groups (broad SMARTS) is 1. The minimum atomic E-state index is -0.764. The lowest BCUT2D eigenvalue weighted by molar-refractivity contribution is -0.142. The predicted molar refractivity (Wildman–Crippen MR) is 67.2 cm³/mol. The summed E-state index contributed by atoms with van der Waals surface area (Å²) in [6.45, 7) is 1.41. The van der Waals surface area contributed by atoms with Crippen LogP contribution in [0.5, 0.6) is 0 Å². The van der Waals surface area contributed by atoms with Gasteiger partial charge in [-0.05, 0) is 37.6 Å². The average Bonchev–Trinajstić information content (AvgIpc) is 2.32. The Labute approximate surface area is 107 Å². The average molecular weight is 254 g/mol. The molecule has 0 aromatic carbocycles. The van der Waals surface area contributed by atoms with E-state index < -0.39 is 5.97 Å². The van der Waals surface area contributed by atoms with Crippen molar-refractivity contribution in [1.82, 2.24) is 10.6 Å². The molecule has 0 aromatic heterocycles. The standard InChI is InChI=1S/C13H22N2O3/c16-11(17)8-13(5-3-6-13)9-15-12(18)10-4-1-2-7-14-10/h10,14H,1-9H2,(H,15,18)(H,16,17)/t10-/m0/s1. The van der Waals surface area contributed by atoms with Gasteiger partial charge in [0.1, 0.15) is 0 Å². The first-order chi connectivity index (χ1) is 8.61. The summed E-state index contributed by atoms with van der Waals surface area (Å²) in [5.74, 6) is -0.730. The first kappa shape index (κ1) is 13.3. The number of carbonyl (C=O) groups excluding carboxylic acids is 1. The van der Waals surface area contributed by atoms with Gasteiger partial charge in [-0.3, -0.25) is 9.59 Å². The molecule has 5 heteroatoms. The molecule has 1 aliphatic carbocycles. The van der Waals surface area contributed by atoms with Gasteiger partial charge in [-0.25, -0.2) is 0 Å². The van der Waals surface area contributed by atoms with Crippen LogP contribution in [0.15, 0.2) is 0 Å². The molecule has 1 atom stereocenters. The molecule has 5 nitrogen and oxygen atoms in total. The summed E-state index contributed by atoms with van der Waals surface area (Å²) in [6, 6.07) is -0.0827. The number of carboxylic acids is 1. The van der Waals surface area contributed by atoms with E-state index in [9.17, 15) is 9.59 Å².